The maximum Gasteiger partial charge on any atom is 0.137 e. The van der Waals surface area contributed by atoms with E-state index in [1.54, 1.807) is 0 Å². The average molecular weight is 340 g/mol. The Morgan fingerprint density at radius 3 is 2.48 bits per heavy atom. The number of halogens is 1. The van der Waals surface area contributed by atoms with Gasteiger partial charge in [-0.25, -0.2) is 0 Å². The predicted molar refractivity (Wildman–Crippen MR) is 97.6 cm³/mol. The van der Waals surface area contributed by atoms with Gasteiger partial charge in [0.25, 0.3) is 0 Å². The van der Waals surface area contributed by atoms with Crippen LogP contribution in [0.4, 0.5) is 0 Å². The largest absolute Gasteiger partial charge is 0.492 e. The van der Waals surface area contributed by atoms with Crippen molar-refractivity contribution in [3.05, 3.63) is 28.8 Å². The van der Waals surface area contributed by atoms with E-state index >= 15 is 0 Å². The Hall–Kier alpha value is -0.810. The molecule has 4 nitrogen and oxygen atoms in total. The van der Waals surface area contributed by atoms with Gasteiger partial charge in [-0.2, -0.15) is 0 Å². The lowest BCUT2D eigenvalue weighted by atomic mass is 10.0. The van der Waals surface area contributed by atoms with E-state index in [1.807, 2.05) is 13.0 Å². The molecule has 0 amide bonds. The number of likely N-dealkylation sites (N-methyl/N-ethyl adjacent to an activating group) is 1. The number of rotatable bonds is 8. The third kappa shape index (κ3) is 5.08. The summed E-state index contributed by atoms with van der Waals surface area (Å²) in [7, 11) is 0. The molecule has 1 saturated heterocycles. The Morgan fingerprint density at radius 1 is 1.22 bits per heavy atom. The molecule has 0 aromatic heterocycles. The molecule has 1 N–H and O–H groups in total. The first-order chi connectivity index (χ1) is 11.2. The average Bonchev–Trinajstić information content (AvgIpc) is 2.59. The van der Waals surface area contributed by atoms with Crippen molar-refractivity contribution in [1.29, 1.82) is 0 Å². The molecular weight excluding hydrogens is 310 g/mol. The van der Waals surface area contributed by atoms with Crippen molar-refractivity contribution in [2.75, 3.05) is 52.4 Å². The number of hydrogen-bond donors (Lipinski definition) is 1. The number of benzene rings is 1. The summed E-state index contributed by atoms with van der Waals surface area (Å²) in [6, 6.07) is 6.65. The topological polar surface area (TPSA) is 27.7 Å². The SMILES string of the molecule is CCOc1ccc(C(CN(CC)CC)N2CCNCC2)cc1Cl. The van der Waals surface area contributed by atoms with Crippen molar-refractivity contribution in [1.82, 2.24) is 15.1 Å². The lowest BCUT2D eigenvalue weighted by Crippen LogP contribution is -2.48. The van der Waals surface area contributed by atoms with Crippen LogP contribution in [0.2, 0.25) is 5.02 Å². The van der Waals surface area contributed by atoms with Crippen LogP contribution in [0.15, 0.2) is 18.2 Å². The standard InChI is InChI=1S/C18H30ClN3O/c1-4-21(5-2)14-17(22-11-9-20-10-12-22)15-7-8-18(23-6-3)16(19)13-15/h7-8,13,17,20H,4-6,9-12,14H2,1-3H3. The van der Waals surface area contributed by atoms with Crippen molar-refractivity contribution in [3.8, 4) is 5.75 Å². The molecule has 1 aromatic carbocycles. The van der Waals surface area contributed by atoms with Crippen molar-refractivity contribution in [3.63, 3.8) is 0 Å². The minimum Gasteiger partial charge on any atom is -0.492 e. The number of piperazine rings is 1. The highest BCUT2D eigenvalue weighted by Crippen LogP contribution is 2.31. The Morgan fingerprint density at radius 2 is 1.91 bits per heavy atom. The molecule has 1 unspecified atom stereocenters. The molecule has 1 fully saturated rings. The molecule has 0 bridgehead atoms. The molecular formula is C18H30ClN3O. The van der Waals surface area contributed by atoms with Crippen LogP contribution in [0.25, 0.3) is 0 Å². The van der Waals surface area contributed by atoms with Gasteiger partial charge in [0, 0.05) is 38.8 Å². The van der Waals surface area contributed by atoms with Gasteiger partial charge in [0.2, 0.25) is 0 Å². The number of hydrogen-bond acceptors (Lipinski definition) is 4. The Bertz CT molecular complexity index is 473. The molecule has 130 valence electrons. The van der Waals surface area contributed by atoms with Gasteiger partial charge in [0.05, 0.1) is 11.6 Å². The molecule has 23 heavy (non-hydrogen) atoms. The van der Waals surface area contributed by atoms with E-state index < -0.39 is 0 Å². The zero-order valence-corrected chi connectivity index (χ0v) is 15.4. The highest BCUT2D eigenvalue weighted by molar-refractivity contribution is 6.32. The van der Waals surface area contributed by atoms with Gasteiger partial charge in [-0.15, -0.1) is 0 Å². The van der Waals surface area contributed by atoms with Crippen molar-refractivity contribution in [2.45, 2.75) is 26.8 Å². The molecule has 0 radical (unpaired) electrons. The summed E-state index contributed by atoms with van der Waals surface area (Å²) >= 11 is 6.43. The molecule has 0 saturated carbocycles. The Kier molecular flexibility index (Phi) is 7.63. The molecule has 1 aliphatic rings. The van der Waals surface area contributed by atoms with Crippen molar-refractivity contribution in [2.24, 2.45) is 0 Å². The van der Waals surface area contributed by atoms with Gasteiger partial charge in [-0.05, 0) is 37.7 Å². The minimum atomic E-state index is 0.380. The molecule has 1 aliphatic heterocycles. The molecule has 5 heteroatoms. The van der Waals surface area contributed by atoms with Gasteiger partial charge < -0.3 is 15.0 Å². The van der Waals surface area contributed by atoms with Crippen LogP contribution < -0.4 is 10.1 Å². The van der Waals surface area contributed by atoms with Crippen LogP contribution in [-0.2, 0) is 0 Å². The number of nitrogens with zero attached hydrogens (tertiary/aromatic N) is 2. The normalized spacial score (nSPS) is 17.4. The van der Waals surface area contributed by atoms with E-state index in [9.17, 15) is 0 Å². The van der Waals surface area contributed by atoms with Crippen LogP contribution in [0.1, 0.15) is 32.4 Å². The zero-order chi connectivity index (χ0) is 16.7. The predicted octanol–water partition coefficient (Wildman–Crippen LogP) is 3.03. The summed E-state index contributed by atoms with van der Waals surface area (Å²) in [5.74, 6) is 0.778. The second-order valence-corrected chi connectivity index (χ2v) is 6.32. The van der Waals surface area contributed by atoms with E-state index in [-0.39, 0.29) is 0 Å². The molecule has 1 atom stereocenters. The van der Waals surface area contributed by atoms with Gasteiger partial charge in [-0.3, -0.25) is 4.90 Å². The summed E-state index contributed by atoms with van der Waals surface area (Å²) in [4.78, 5) is 5.05. The van der Waals surface area contributed by atoms with E-state index in [1.165, 1.54) is 5.56 Å². The second kappa shape index (κ2) is 9.48. The van der Waals surface area contributed by atoms with Crippen LogP contribution >= 0.6 is 11.6 Å². The van der Waals surface area contributed by atoms with Gasteiger partial charge in [0.15, 0.2) is 0 Å². The maximum absolute atomic E-state index is 6.43. The first-order valence-corrected chi connectivity index (χ1v) is 9.16. The fourth-order valence-electron chi connectivity index (χ4n) is 3.15. The van der Waals surface area contributed by atoms with Crippen LogP contribution in [0.5, 0.6) is 5.75 Å². The van der Waals surface area contributed by atoms with E-state index in [0.29, 0.717) is 17.7 Å². The molecule has 0 spiro atoms. The summed E-state index contributed by atoms with van der Waals surface area (Å²) in [5.41, 5.74) is 1.28. The fourth-order valence-corrected chi connectivity index (χ4v) is 3.39. The summed E-state index contributed by atoms with van der Waals surface area (Å²) in [5, 5.41) is 4.15. The molecule has 2 rings (SSSR count). The lowest BCUT2D eigenvalue weighted by Gasteiger charge is -2.38. The quantitative estimate of drug-likeness (QED) is 0.788. The highest BCUT2D eigenvalue weighted by atomic mass is 35.5. The van der Waals surface area contributed by atoms with Crippen LogP contribution in [0, 0.1) is 0 Å². The van der Waals surface area contributed by atoms with Gasteiger partial charge >= 0.3 is 0 Å². The highest BCUT2D eigenvalue weighted by Gasteiger charge is 2.24. The number of nitrogens with one attached hydrogen (secondary N) is 1. The summed E-state index contributed by atoms with van der Waals surface area (Å²) in [6.45, 7) is 14.5. The van der Waals surface area contributed by atoms with Crippen molar-refractivity contribution >= 4 is 11.6 Å². The maximum atomic E-state index is 6.43. The smallest absolute Gasteiger partial charge is 0.137 e. The molecule has 1 heterocycles. The third-order valence-corrected chi connectivity index (χ3v) is 4.85. The zero-order valence-electron chi connectivity index (χ0n) is 14.6. The van der Waals surface area contributed by atoms with Crippen LogP contribution in [0.3, 0.4) is 0 Å². The van der Waals surface area contributed by atoms with Gasteiger partial charge in [-0.1, -0.05) is 31.5 Å². The van der Waals surface area contributed by atoms with E-state index in [4.69, 9.17) is 16.3 Å². The Labute approximate surface area is 145 Å². The van der Waals surface area contributed by atoms with Crippen molar-refractivity contribution < 1.29 is 4.74 Å². The van der Waals surface area contributed by atoms with Gasteiger partial charge in [0.1, 0.15) is 5.75 Å². The van der Waals surface area contributed by atoms with E-state index in [2.05, 4.69) is 41.1 Å². The minimum absolute atomic E-state index is 0.380. The third-order valence-electron chi connectivity index (χ3n) is 4.56. The number of ether oxygens (including phenoxy) is 1. The second-order valence-electron chi connectivity index (χ2n) is 5.91. The lowest BCUT2D eigenvalue weighted by molar-refractivity contribution is 0.129. The first kappa shape index (κ1) is 18.5. The first-order valence-electron chi connectivity index (χ1n) is 8.78. The van der Waals surface area contributed by atoms with Crippen LogP contribution in [-0.4, -0.2) is 62.2 Å². The van der Waals surface area contributed by atoms with E-state index in [0.717, 1.165) is 51.6 Å². The summed E-state index contributed by atoms with van der Waals surface area (Å²) in [6.07, 6.45) is 0. The molecule has 0 aliphatic carbocycles. The summed E-state index contributed by atoms with van der Waals surface area (Å²) < 4.78 is 5.57. The monoisotopic (exact) mass is 339 g/mol. The fraction of sp³-hybridized carbons (Fsp3) is 0.667. The molecule has 1 aromatic rings. The Balaban J connectivity index is 2.22.